The molecule has 6 nitrogen and oxygen atoms in total. The average molecular weight is 334 g/mol. The number of benzene rings is 1. The lowest BCUT2D eigenvalue weighted by molar-refractivity contribution is -0.896. The maximum Gasteiger partial charge on any atom is 0.410 e. The Labute approximate surface area is 143 Å². The van der Waals surface area contributed by atoms with E-state index in [-0.39, 0.29) is 12.0 Å². The lowest BCUT2D eigenvalue weighted by atomic mass is 10.1. The van der Waals surface area contributed by atoms with Gasteiger partial charge < -0.3 is 15.0 Å². The van der Waals surface area contributed by atoms with E-state index in [9.17, 15) is 9.59 Å². The molecular weight excluding hydrogens is 306 g/mol. The summed E-state index contributed by atoms with van der Waals surface area (Å²) in [5, 5.41) is 2.99. The highest BCUT2D eigenvalue weighted by molar-refractivity contribution is 5.76. The van der Waals surface area contributed by atoms with E-state index in [2.05, 4.69) is 24.4 Å². The van der Waals surface area contributed by atoms with Crippen molar-refractivity contribution in [2.24, 2.45) is 0 Å². The van der Waals surface area contributed by atoms with Crippen LogP contribution in [-0.4, -0.2) is 62.8 Å². The molecule has 1 saturated heterocycles. The van der Waals surface area contributed by atoms with Crippen molar-refractivity contribution in [1.82, 2.24) is 10.2 Å². The maximum absolute atomic E-state index is 12.1. The molecule has 0 saturated carbocycles. The molecule has 1 aliphatic rings. The van der Waals surface area contributed by atoms with E-state index in [1.165, 1.54) is 16.0 Å². The van der Waals surface area contributed by atoms with Crippen molar-refractivity contribution < 1.29 is 19.2 Å². The van der Waals surface area contributed by atoms with Crippen LogP contribution in [0.3, 0.4) is 0 Å². The topological polar surface area (TPSA) is 63.1 Å². The second-order valence-corrected chi connectivity index (χ2v) is 6.14. The van der Waals surface area contributed by atoms with Gasteiger partial charge >= 0.3 is 6.09 Å². The van der Waals surface area contributed by atoms with Gasteiger partial charge in [-0.1, -0.05) is 24.3 Å². The fourth-order valence-corrected chi connectivity index (χ4v) is 2.91. The first-order valence-corrected chi connectivity index (χ1v) is 8.66. The van der Waals surface area contributed by atoms with E-state index in [0.29, 0.717) is 32.8 Å². The first-order valence-electron chi connectivity index (χ1n) is 8.66. The lowest BCUT2D eigenvalue weighted by Crippen LogP contribution is -3.15. The predicted molar refractivity (Wildman–Crippen MR) is 92.1 cm³/mol. The molecule has 132 valence electrons. The van der Waals surface area contributed by atoms with Gasteiger partial charge in [-0.2, -0.15) is 0 Å². The van der Waals surface area contributed by atoms with Crippen molar-refractivity contribution in [2.45, 2.75) is 20.3 Å². The van der Waals surface area contributed by atoms with Gasteiger partial charge in [0.2, 0.25) is 0 Å². The van der Waals surface area contributed by atoms with Gasteiger partial charge in [-0.05, 0) is 31.4 Å². The molecule has 0 aromatic heterocycles. The van der Waals surface area contributed by atoms with Gasteiger partial charge in [0.1, 0.15) is 0 Å². The van der Waals surface area contributed by atoms with Crippen LogP contribution in [0.2, 0.25) is 0 Å². The molecule has 0 atom stereocenters. The van der Waals surface area contributed by atoms with E-state index in [0.717, 1.165) is 19.5 Å². The van der Waals surface area contributed by atoms with Gasteiger partial charge in [0, 0.05) is 6.54 Å². The van der Waals surface area contributed by atoms with Gasteiger partial charge in [0.15, 0.2) is 6.54 Å². The molecule has 1 aromatic rings. The zero-order valence-electron chi connectivity index (χ0n) is 14.6. The molecule has 24 heavy (non-hydrogen) atoms. The number of piperazine rings is 1. The summed E-state index contributed by atoms with van der Waals surface area (Å²) in [4.78, 5) is 26.6. The Bertz CT molecular complexity index is 554. The molecule has 2 rings (SSSR count). The molecule has 1 heterocycles. The van der Waals surface area contributed by atoms with E-state index in [1.54, 1.807) is 11.8 Å². The fourth-order valence-electron chi connectivity index (χ4n) is 2.91. The summed E-state index contributed by atoms with van der Waals surface area (Å²) in [6.45, 7) is 8.26. The molecular formula is C18H28N3O3+. The molecule has 1 aliphatic heterocycles. The molecule has 0 aliphatic carbocycles. The number of nitrogens with zero attached hydrogens (tertiary/aromatic N) is 1. The van der Waals surface area contributed by atoms with Crippen LogP contribution in [0.15, 0.2) is 24.3 Å². The zero-order valence-corrected chi connectivity index (χ0v) is 14.6. The maximum atomic E-state index is 12.1. The minimum Gasteiger partial charge on any atom is -0.450 e. The van der Waals surface area contributed by atoms with Crippen molar-refractivity contribution in [3.63, 3.8) is 0 Å². The Morgan fingerprint density at radius 2 is 1.96 bits per heavy atom. The standard InChI is InChI=1S/C18H27N3O3/c1-3-24-18(23)21-12-10-20(11-13-21)14-17(22)19-9-8-16-7-5-4-6-15(16)2/h4-7H,3,8-14H2,1-2H3,(H,19,22)/p+1. The van der Waals surface area contributed by atoms with Crippen molar-refractivity contribution in [1.29, 1.82) is 0 Å². The summed E-state index contributed by atoms with van der Waals surface area (Å²) in [7, 11) is 0. The van der Waals surface area contributed by atoms with Gasteiger partial charge in [0.05, 0.1) is 32.8 Å². The lowest BCUT2D eigenvalue weighted by Gasteiger charge is -2.31. The fraction of sp³-hybridized carbons (Fsp3) is 0.556. The monoisotopic (exact) mass is 334 g/mol. The molecule has 0 bridgehead atoms. The normalized spacial score (nSPS) is 15.2. The highest BCUT2D eigenvalue weighted by atomic mass is 16.6. The molecule has 2 N–H and O–H groups in total. The number of aryl methyl sites for hydroxylation is 1. The van der Waals surface area contributed by atoms with E-state index >= 15 is 0 Å². The molecule has 2 amide bonds. The van der Waals surface area contributed by atoms with Gasteiger partial charge in [-0.3, -0.25) is 9.69 Å². The number of rotatable bonds is 6. The second kappa shape index (κ2) is 9.27. The van der Waals surface area contributed by atoms with E-state index in [4.69, 9.17) is 4.74 Å². The van der Waals surface area contributed by atoms with Gasteiger partial charge in [-0.25, -0.2) is 4.79 Å². The zero-order chi connectivity index (χ0) is 17.4. The summed E-state index contributed by atoms with van der Waals surface area (Å²) in [5.41, 5.74) is 2.53. The predicted octanol–water partition coefficient (Wildman–Crippen LogP) is 0.0107. The summed E-state index contributed by atoms with van der Waals surface area (Å²) < 4.78 is 5.00. The molecule has 6 heteroatoms. The van der Waals surface area contributed by atoms with Crippen LogP contribution >= 0.6 is 0 Å². The van der Waals surface area contributed by atoms with Gasteiger partial charge in [0.25, 0.3) is 5.91 Å². The smallest absolute Gasteiger partial charge is 0.410 e. The first-order chi connectivity index (χ1) is 11.6. The number of carbonyl (C=O) groups is 2. The van der Waals surface area contributed by atoms with Crippen LogP contribution in [0, 0.1) is 6.92 Å². The van der Waals surface area contributed by atoms with Crippen molar-refractivity contribution in [3.8, 4) is 0 Å². The van der Waals surface area contributed by atoms with Crippen LogP contribution in [0.25, 0.3) is 0 Å². The Hall–Kier alpha value is -2.08. The number of hydrogen-bond acceptors (Lipinski definition) is 3. The molecule has 0 radical (unpaired) electrons. The molecule has 1 aromatic carbocycles. The van der Waals surface area contributed by atoms with Crippen molar-refractivity contribution in [3.05, 3.63) is 35.4 Å². The number of ether oxygens (including phenoxy) is 1. The average Bonchev–Trinajstić information content (AvgIpc) is 2.57. The quantitative estimate of drug-likeness (QED) is 0.770. The first kappa shape index (κ1) is 18.3. The number of quaternary nitrogens is 1. The summed E-state index contributed by atoms with van der Waals surface area (Å²) in [5.74, 6) is 0.0724. The summed E-state index contributed by atoms with van der Waals surface area (Å²) in [6.07, 6.45) is 0.601. The van der Waals surface area contributed by atoms with E-state index in [1.807, 2.05) is 12.1 Å². The molecule has 0 unspecified atom stereocenters. The summed E-state index contributed by atoms with van der Waals surface area (Å²) >= 11 is 0. The Morgan fingerprint density at radius 1 is 1.25 bits per heavy atom. The number of hydrogen-bond donors (Lipinski definition) is 2. The largest absolute Gasteiger partial charge is 0.450 e. The Morgan fingerprint density at radius 3 is 2.62 bits per heavy atom. The van der Waals surface area contributed by atoms with Crippen LogP contribution in [0.5, 0.6) is 0 Å². The third kappa shape index (κ3) is 5.53. The third-order valence-electron chi connectivity index (χ3n) is 4.38. The molecule has 1 fully saturated rings. The third-order valence-corrected chi connectivity index (χ3v) is 4.38. The van der Waals surface area contributed by atoms with Gasteiger partial charge in [-0.15, -0.1) is 0 Å². The highest BCUT2D eigenvalue weighted by Crippen LogP contribution is 2.06. The van der Waals surface area contributed by atoms with Crippen molar-refractivity contribution >= 4 is 12.0 Å². The van der Waals surface area contributed by atoms with Crippen LogP contribution in [0.4, 0.5) is 4.79 Å². The number of amides is 2. The highest BCUT2D eigenvalue weighted by Gasteiger charge is 2.25. The summed E-state index contributed by atoms with van der Waals surface area (Å²) in [6, 6.07) is 8.24. The van der Waals surface area contributed by atoms with Crippen LogP contribution in [-0.2, 0) is 16.0 Å². The second-order valence-electron chi connectivity index (χ2n) is 6.14. The number of carbonyl (C=O) groups excluding carboxylic acids is 2. The van der Waals surface area contributed by atoms with Crippen LogP contribution < -0.4 is 10.2 Å². The Kier molecular flexibility index (Phi) is 7.06. The Balaban J connectivity index is 1.65. The SMILES string of the molecule is CCOC(=O)N1CC[NH+](CC(=O)NCCc2ccccc2C)CC1. The van der Waals surface area contributed by atoms with E-state index < -0.39 is 0 Å². The molecule has 0 spiro atoms. The van der Waals surface area contributed by atoms with Crippen LogP contribution in [0.1, 0.15) is 18.1 Å². The number of nitrogens with one attached hydrogen (secondary N) is 2. The van der Waals surface area contributed by atoms with Crippen molar-refractivity contribution in [2.75, 3.05) is 45.9 Å². The minimum absolute atomic E-state index is 0.0724. The minimum atomic E-state index is -0.251.